The van der Waals surface area contributed by atoms with Crippen LogP contribution in [0.15, 0.2) is 42.5 Å². The molecular formula is C22H28N2. The first-order chi connectivity index (χ1) is 11.4. The normalized spacial score (nSPS) is 20.8. The fourth-order valence-corrected chi connectivity index (χ4v) is 4.43. The van der Waals surface area contributed by atoms with Gasteiger partial charge in [-0.15, -0.1) is 0 Å². The van der Waals surface area contributed by atoms with Crippen molar-refractivity contribution in [2.45, 2.75) is 51.5 Å². The van der Waals surface area contributed by atoms with E-state index >= 15 is 0 Å². The van der Waals surface area contributed by atoms with Crippen LogP contribution in [0.25, 0.3) is 0 Å². The second kappa shape index (κ2) is 5.27. The monoisotopic (exact) mass is 320 g/mol. The highest BCUT2D eigenvalue weighted by molar-refractivity contribution is 5.66. The van der Waals surface area contributed by atoms with E-state index in [0.29, 0.717) is 0 Å². The summed E-state index contributed by atoms with van der Waals surface area (Å²) in [7, 11) is 0. The van der Waals surface area contributed by atoms with Crippen LogP contribution in [0.4, 0.5) is 11.4 Å². The van der Waals surface area contributed by atoms with Crippen molar-refractivity contribution < 1.29 is 0 Å². The number of hydrogen-bond acceptors (Lipinski definition) is 2. The lowest BCUT2D eigenvalue weighted by molar-refractivity contribution is 0.474. The van der Waals surface area contributed by atoms with Gasteiger partial charge in [0.2, 0.25) is 0 Å². The summed E-state index contributed by atoms with van der Waals surface area (Å²) in [6.07, 6.45) is 1.20. The van der Waals surface area contributed by atoms with E-state index in [0.717, 1.165) is 19.6 Å². The molecule has 0 aliphatic carbocycles. The maximum absolute atomic E-state index is 3.61. The summed E-state index contributed by atoms with van der Waals surface area (Å²) in [5.74, 6) is 0. The van der Waals surface area contributed by atoms with Gasteiger partial charge in [0.05, 0.1) is 0 Å². The fourth-order valence-electron chi connectivity index (χ4n) is 4.43. The lowest BCUT2D eigenvalue weighted by Crippen LogP contribution is -2.42. The average molecular weight is 320 g/mol. The quantitative estimate of drug-likeness (QED) is 0.788. The molecule has 2 heteroatoms. The first kappa shape index (κ1) is 15.6. The largest absolute Gasteiger partial charge is 0.385 e. The Morgan fingerprint density at radius 2 is 1.71 bits per heavy atom. The van der Waals surface area contributed by atoms with Crippen LogP contribution in [0.1, 0.15) is 50.8 Å². The van der Waals surface area contributed by atoms with Gasteiger partial charge in [-0.05, 0) is 40.7 Å². The molecule has 0 spiro atoms. The molecule has 24 heavy (non-hydrogen) atoms. The molecule has 1 N–H and O–H groups in total. The van der Waals surface area contributed by atoms with Gasteiger partial charge in [0, 0.05) is 36.4 Å². The van der Waals surface area contributed by atoms with Gasteiger partial charge < -0.3 is 10.2 Å². The molecule has 0 radical (unpaired) electrons. The topological polar surface area (TPSA) is 15.3 Å². The average Bonchev–Trinajstić information content (AvgIpc) is 2.53. The van der Waals surface area contributed by atoms with E-state index in [9.17, 15) is 0 Å². The number of rotatable bonds is 1. The van der Waals surface area contributed by atoms with Crippen molar-refractivity contribution in [3.63, 3.8) is 0 Å². The molecule has 0 amide bonds. The van der Waals surface area contributed by atoms with Gasteiger partial charge >= 0.3 is 0 Å². The van der Waals surface area contributed by atoms with Gasteiger partial charge in [-0.25, -0.2) is 0 Å². The van der Waals surface area contributed by atoms with Crippen LogP contribution in [0.5, 0.6) is 0 Å². The van der Waals surface area contributed by atoms with Crippen LogP contribution in [0.2, 0.25) is 0 Å². The van der Waals surface area contributed by atoms with Gasteiger partial charge in [0.1, 0.15) is 0 Å². The van der Waals surface area contributed by atoms with Crippen LogP contribution >= 0.6 is 0 Å². The molecule has 4 rings (SSSR count). The molecule has 0 atom stereocenters. The molecule has 0 saturated carbocycles. The van der Waals surface area contributed by atoms with Gasteiger partial charge in [0.25, 0.3) is 0 Å². The zero-order valence-electron chi connectivity index (χ0n) is 15.3. The number of benzene rings is 2. The van der Waals surface area contributed by atoms with Crippen LogP contribution in [-0.4, -0.2) is 13.1 Å². The highest BCUT2D eigenvalue weighted by atomic mass is 15.1. The maximum Gasteiger partial charge on any atom is 0.0432 e. The lowest BCUT2D eigenvalue weighted by atomic mass is 9.77. The Labute approximate surface area is 145 Å². The number of hydrogen-bond donors (Lipinski definition) is 1. The molecule has 0 fully saturated rings. The molecule has 2 heterocycles. The number of nitrogens with zero attached hydrogens (tertiary/aromatic N) is 1. The predicted molar refractivity (Wildman–Crippen MR) is 103 cm³/mol. The third kappa shape index (κ3) is 2.49. The zero-order valence-corrected chi connectivity index (χ0v) is 15.3. The predicted octanol–water partition coefficient (Wildman–Crippen LogP) is 5.08. The Bertz CT molecular complexity index is 773. The minimum absolute atomic E-state index is 0.178. The smallest absolute Gasteiger partial charge is 0.0432 e. The molecule has 2 aliphatic rings. The Morgan fingerprint density at radius 1 is 0.917 bits per heavy atom. The summed E-state index contributed by atoms with van der Waals surface area (Å²) in [5.41, 5.74) is 7.51. The van der Waals surface area contributed by atoms with Gasteiger partial charge in [0.15, 0.2) is 0 Å². The van der Waals surface area contributed by atoms with Crippen molar-refractivity contribution >= 4 is 11.4 Å². The van der Waals surface area contributed by atoms with Crippen LogP contribution < -0.4 is 10.2 Å². The second-order valence-corrected chi connectivity index (χ2v) is 8.69. The minimum Gasteiger partial charge on any atom is -0.385 e. The van der Waals surface area contributed by atoms with Crippen molar-refractivity contribution in [2.75, 3.05) is 23.3 Å². The van der Waals surface area contributed by atoms with E-state index in [-0.39, 0.29) is 10.8 Å². The Hall–Kier alpha value is -1.96. The summed E-state index contributed by atoms with van der Waals surface area (Å²) >= 11 is 0. The maximum atomic E-state index is 3.61. The van der Waals surface area contributed by atoms with Crippen molar-refractivity contribution in [3.05, 3.63) is 59.2 Å². The van der Waals surface area contributed by atoms with Gasteiger partial charge in [-0.2, -0.15) is 0 Å². The molecule has 2 nitrogen and oxygen atoms in total. The van der Waals surface area contributed by atoms with E-state index < -0.39 is 0 Å². The van der Waals surface area contributed by atoms with Crippen LogP contribution in [0, 0.1) is 0 Å². The summed E-state index contributed by atoms with van der Waals surface area (Å²) < 4.78 is 0. The standard InChI is InChI=1S/C22H28N2/c1-21(2)11-12-23-20-13-17(9-10-19(20)21)24-14-16-7-5-6-8-18(16)22(3,4)15-24/h5-10,13,23H,11-12,14-15H2,1-4H3. The lowest BCUT2D eigenvalue weighted by Gasteiger charge is -2.42. The molecule has 0 saturated heterocycles. The van der Waals surface area contributed by atoms with E-state index in [1.54, 1.807) is 0 Å². The first-order valence-electron chi connectivity index (χ1n) is 9.09. The first-order valence-corrected chi connectivity index (χ1v) is 9.09. The molecule has 2 aromatic carbocycles. The highest BCUT2D eigenvalue weighted by Crippen LogP contribution is 2.41. The number of fused-ring (bicyclic) bond motifs is 2. The van der Waals surface area contributed by atoms with E-state index in [1.807, 2.05) is 0 Å². The molecule has 0 unspecified atom stereocenters. The zero-order chi connectivity index (χ0) is 16.9. The van der Waals surface area contributed by atoms with Crippen molar-refractivity contribution in [1.82, 2.24) is 0 Å². The Morgan fingerprint density at radius 3 is 2.54 bits per heavy atom. The summed E-state index contributed by atoms with van der Waals surface area (Å²) in [4.78, 5) is 2.53. The Kier molecular flexibility index (Phi) is 3.42. The van der Waals surface area contributed by atoms with Crippen LogP contribution in [-0.2, 0) is 17.4 Å². The summed E-state index contributed by atoms with van der Waals surface area (Å²) in [6.45, 7) is 12.6. The van der Waals surface area contributed by atoms with E-state index in [1.165, 1.54) is 34.5 Å². The molecular weight excluding hydrogens is 292 g/mol. The third-order valence-corrected chi connectivity index (χ3v) is 5.86. The van der Waals surface area contributed by atoms with Crippen LogP contribution in [0.3, 0.4) is 0 Å². The molecule has 0 bridgehead atoms. The van der Waals surface area contributed by atoms with Crippen molar-refractivity contribution in [2.24, 2.45) is 0 Å². The van der Waals surface area contributed by atoms with Crippen molar-refractivity contribution in [1.29, 1.82) is 0 Å². The number of nitrogens with one attached hydrogen (secondary N) is 1. The summed E-state index contributed by atoms with van der Waals surface area (Å²) in [5, 5.41) is 3.61. The molecule has 126 valence electrons. The van der Waals surface area contributed by atoms with E-state index in [4.69, 9.17) is 0 Å². The van der Waals surface area contributed by atoms with E-state index in [2.05, 4.69) is 80.4 Å². The molecule has 2 aromatic rings. The van der Waals surface area contributed by atoms with Crippen molar-refractivity contribution in [3.8, 4) is 0 Å². The molecule has 2 aliphatic heterocycles. The molecule has 0 aromatic heterocycles. The SMILES string of the molecule is CC1(C)CN(c2ccc3c(c2)NCCC3(C)C)Cc2ccccc21. The minimum atomic E-state index is 0.178. The van der Waals surface area contributed by atoms with Gasteiger partial charge in [-0.3, -0.25) is 0 Å². The van der Waals surface area contributed by atoms with Gasteiger partial charge in [-0.1, -0.05) is 58.0 Å². The third-order valence-electron chi connectivity index (χ3n) is 5.86. The summed E-state index contributed by atoms with van der Waals surface area (Å²) in [6, 6.07) is 15.9. The Balaban J connectivity index is 1.71. The number of anilines is 2. The highest BCUT2D eigenvalue weighted by Gasteiger charge is 2.32. The second-order valence-electron chi connectivity index (χ2n) is 8.69. The fraction of sp³-hybridized carbons (Fsp3) is 0.455.